The maximum Gasteiger partial charge on any atom is 0.203 e. The quantitative estimate of drug-likeness (QED) is 0.686. The van der Waals surface area contributed by atoms with Gasteiger partial charge < -0.3 is 0 Å². The second-order valence-electron chi connectivity index (χ2n) is 2.08. The van der Waals surface area contributed by atoms with E-state index in [4.69, 9.17) is 34.8 Å². The van der Waals surface area contributed by atoms with Gasteiger partial charge in [-0.2, -0.15) is 0 Å². The first-order valence-corrected chi connectivity index (χ1v) is 4.42. The van der Waals surface area contributed by atoms with Crippen molar-refractivity contribution in [1.82, 2.24) is 4.90 Å². The molecular formula is C6H13Cl4N. The zero-order valence-corrected chi connectivity index (χ0v) is 9.69. The van der Waals surface area contributed by atoms with Crippen molar-refractivity contribution in [2.75, 3.05) is 19.6 Å². The average molecular weight is 241 g/mol. The second-order valence-corrected chi connectivity index (χ2v) is 4.59. The van der Waals surface area contributed by atoms with Crippen molar-refractivity contribution in [3.05, 3.63) is 0 Å². The molecule has 0 unspecified atom stereocenters. The summed E-state index contributed by atoms with van der Waals surface area (Å²) in [5.74, 6) is 0. The van der Waals surface area contributed by atoms with E-state index < -0.39 is 3.79 Å². The Hall–Kier alpha value is 1.12. The third-order valence-electron chi connectivity index (χ3n) is 1.30. The predicted molar refractivity (Wildman–Crippen MR) is 55.3 cm³/mol. The summed E-state index contributed by atoms with van der Waals surface area (Å²) in [6.45, 7) is 6.43. The van der Waals surface area contributed by atoms with Crippen LogP contribution in [0.25, 0.3) is 0 Å². The highest BCUT2D eigenvalue weighted by Gasteiger charge is 2.21. The molecule has 0 saturated heterocycles. The summed E-state index contributed by atoms with van der Waals surface area (Å²) in [7, 11) is 0. The van der Waals surface area contributed by atoms with E-state index in [2.05, 4.69) is 4.90 Å². The Kier molecular flexibility index (Phi) is 8.80. The van der Waals surface area contributed by atoms with Crippen molar-refractivity contribution < 1.29 is 0 Å². The van der Waals surface area contributed by atoms with Crippen LogP contribution in [0.3, 0.4) is 0 Å². The van der Waals surface area contributed by atoms with E-state index in [0.717, 1.165) is 13.1 Å². The molecule has 0 bridgehead atoms. The Morgan fingerprint density at radius 3 is 1.55 bits per heavy atom. The number of nitrogens with zero attached hydrogens (tertiary/aromatic N) is 1. The first kappa shape index (κ1) is 14.6. The van der Waals surface area contributed by atoms with Gasteiger partial charge in [0.05, 0.1) is 0 Å². The van der Waals surface area contributed by atoms with Gasteiger partial charge in [-0.3, -0.25) is 4.90 Å². The lowest BCUT2D eigenvalue weighted by atomic mass is 10.5. The fourth-order valence-corrected chi connectivity index (χ4v) is 1.21. The summed E-state index contributed by atoms with van der Waals surface area (Å²) in [5.41, 5.74) is 0. The molecule has 0 aromatic heterocycles. The monoisotopic (exact) mass is 239 g/mol. The minimum atomic E-state index is -1.13. The van der Waals surface area contributed by atoms with Crippen molar-refractivity contribution in [3.63, 3.8) is 0 Å². The fraction of sp³-hybridized carbons (Fsp3) is 1.00. The molecule has 0 radical (unpaired) electrons. The maximum atomic E-state index is 5.57. The van der Waals surface area contributed by atoms with E-state index in [9.17, 15) is 0 Å². The molecule has 5 heteroatoms. The number of hydrogen-bond donors (Lipinski definition) is 0. The second kappa shape index (κ2) is 6.62. The first-order valence-electron chi connectivity index (χ1n) is 3.28. The van der Waals surface area contributed by atoms with E-state index >= 15 is 0 Å². The van der Waals surface area contributed by atoms with Crippen LogP contribution in [0.15, 0.2) is 0 Å². The molecule has 0 aliphatic heterocycles. The molecule has 0 fully saturated rings. The Labute approximate surface area is 89.4 Å². The molecule has 0 aliphatic rings. The molecule has 0 atom stereocenters. The summed E-state index contributed by atoms with van der Waals surface area (Å²) in [4.78, 5) is 2.06. The topological polar surface area (TPSA) is 3.24 Å². The summed E-state index contributed by atoms with van der Waals surface area (Å²) in [6, 6.07) is 0. The van der Waals surface area contributed by atoms with E-state index in [0.29, 0.717) is 6.54 Å². The van der Waals surface area contributed by atoms with Gasteiger partial charge in [-0.05, 0) is 13.1 Å². The van der Waals surface area contributed by atoms with Crippen LogP contribution in [0.2, 0.25) is 0 Å². The molecule has 0 N–H and O–H groups in total. The van der Waals surface area contributed by atoms with Crippen LogP contribution in [0, 0.1) is 0 Å². The molecule has 0 aliphatic carbocycles. The number of hydrogen-bond acceptors (Lipinski definition) is 1. The third kappa shape index (κ3) is 9.03. The summed E-state index contributed by atoms with van der Waals surface area (Å²) in [6.07, 6.45) is 0. The van der Waals surface area contributed by atoms with Crippen molar-refractivity contribution in [2.24, 2.45) is 0 Å². The van der Waals surface area contributed by atoms with Gasteiger partial charge in [0.2, 0.25) is 3.79 Å². The molecule has 70 valence electrons. The van der Waals surface area contributed by atoms with Gasteiger partial charge in [0, 0.05) is 6.54 Å². The molecule has 0 spiro atoms. The normalized spacial score (nSPS) is 11.5. The Morgan fingerprint density at radius 1 is 1.09 bits per heavy atom. The molecule has 0 saturated carbocycles. The summed E-state index contributed by atoms with van der Waals surface area (Å²) in [5, 5.41) is 0. The van der Waals surface area contributed by atoms with Crippen LogP contribution in [0.5, 0.6) is 0 Å². The van der Waals surface area contributed by atoms with Crippen LogP contribution in [0.4, 0.5) is 0 Å². The molecular weight excluding hydrogens is 228 g/mol. The first-order chi connectivity index (χ1) is 4.49. The van der Waals surface area contributed by atoms with Crippen molar-refractivity contribution in [1.29, 1.82) is 0 Å². The fourth-order valence-electron chi connectivity index (χ4n) is 0.701. The van der Waals surface area contributed by atoms with Crippen molar-refractivity contribution >= 4 is 47.2 Å². The standard InChI is InChI=1S/C6H12Cl3N.ClH/c1-3-10(4-2)5-6(7,8)9;/h3-5H2,1-2H3;1H. The van der Waals surface area contributed by atoms with Crippen LogP contribution in [-0.4, -0.2) is 28.3 Å². The highest BCUT2D eigenvalue weighted by atomic mass is 35.6. The number of rotatable bonds is 3. The largest absolute Gasteiger partial charge is 0.300 e. The summed E-state index contributed by atoms with van der Waals surface area (Å²) < 4.78 is -1.13. The molecule has 0 aromatic carbocycles. The van der Waals surface area contributed by atoms with Gasteiger partial charge in [0.25, 0.3) is 0 Å². The molecule has 0 aromatic rings. The zero-order valence-electron chi connectivity index (χ0n) is 6.61. The lowest BCUT2D eigenvalue weighted by molar-refractivity contribution is 0.311. The molecule has 11 heavy (non-hydrogen) atoms. The van der Waals surface area contributed by atoms with Crippen molar-refractivity contribution in [2.45, 2.75) is 17.6 Å². The van der Waals surface area contributed by atoms with E-state index in [1.165, 1.54) is 0 Å². The highest BCUT2D eigenvalue weighted by molar-refractivity contribution is 6.67. The van der Waals surface area contributed by atoms with Crippen LogP contribution >= 0.6 is 47.2 Å². The molecule has 0 amide bonds. The Morgan fingerprint density at radius 2 is 1.45 bits per heavy atom. The molecule has 0 rings (SSSR count). The molecule has 1 nitrogen and oxygen atoms in total. The Balaban J connectivity index is 0. The maximum absolute atomic E-state index is 5.57. The van der Waals surface area contributed by atoms with Gasteiger partial charge in [0.1, 0.15) is 0 Å². The van der Waals surface area contributed by atoms with Gasteiger partial charge in [-0.15, -0.1) is 12.4 Å². The van der Waals surface area contributed by atoms with E-state index in [1.54, 1.807) is 0 Å². The van der Waals surface area contributed by atoms with E-state index in [1.807, 2.05) is 13.8 Å². The third-order valence-corrected chi connectivity index (χ3v) is 1.66. The summed E-state index contributed by atoms with van der Waals surface area (Å²) >= 11 is 16.7. The minimum absolute atomic E-state index is 0. The predicted octanol–water partition coefficient (Wildman–Crippen LogP) is 3.12. The van der Waals surface area contributed by atoms with E-state index in [-0.39, 0.29) is 12.4 Å². The van der Waals surface area contributed by atoms with Crippen LogP contribution in [0.1, 0.15) is 13.8 Å². The SMILES string of the molecule is CCN(CC)CC(Cl)(Cl)Cl.Cl. The average Bonchev–Trinajstić information content (AvgIpc) is 1.81. The zero-order chi connectivity index (χ0) is 8.20. The van der Waals surface area contributed by atoms with Gasteiger partial charge in [0.15, 0.2) is 0 Å². The number of halogens is 4. The molecule has 0 heterocycles. The lowest BCUT2D eigenvalue weighted by Crippen LogP contribution is -2.31. The van der Waals surface area contributed by atoms with Gasteiger partial charge >= 0.3 is 0 Å². The minimum Gasteiger partial charge on any atom is -0.300 e. The van der Waals surface area contributed by atoms with Crippen molar-refractivity contribution in [3.8, 4) is 0 Å². The lowest BCUT2D eigenvalue weighted by Gasteiger charge is -2.22. The van der Waals surface area contributed by atoms with Crippen LogP contribution < -0.4 is 0 Å². The Bertz CT molecular complexity index is 87.1. The highest BCUT2D eigenvalue weighted by Crippen LogP contribution is 2.26. The van der Waals surface area contributed by atoms with Crippen LogP contribution in [-0.2, 0) is 0 Å². The van der Waals surface area contributed by atoms with Gasteiger partial charge in [-0.25, -0.2) is 0 Å². The van der Waals surface area contributed by atoms with Gasteiger partial charge in [-0.1, -0.05) is 48.7 Å². The smallest absolute Gasteiger partial charge is 0.203 e. The number of alkyl halides is 3.